The summed E-state index contributed by atoms with van der Waals surface area (Å²) in [4.78, 5) is 0. The van der Waals surface area contributed by atoms with E-state index in [-0.39, 0.29) is 0 Å². The Hall–Kier alpha value is -18.5. The summed E-state index contributed by atoms with van der Waals surface area (Å²) in [6, 6.07) is 0. The van der Waals surface area contributed by atoms with Gasteiger partial charge in [0.2, 0.25) is 0 Å². The van der Waals surface area contributed by atoms with Crippen LogP contribution in [0.3, 0.4) is 0 Å². The molecule has 0 N–H and O–H groups in total. The van der Waals surface area contributed by atoms with E-state index in [4.69, 9.17) is 10.1 Å². The summed E-state index contributed by atoms with van der Waals surface area (Å²) >= 11 is 1.06. The van der Waals surface area contributed by atoms with E-state index in [1.165, 1.54) is 0 Å². The summed E-state index contributed by atoms with van der Waals surface area (Å²) in [5.74, 6) is 211. The fourth-order valence-corrected chi connectivity index (χ4v) is 2.62. The van der Waals surface area contributed by atoms with Gasteiger partial charge in [-0.05, 0) is 102 Å². The van der Waals surface area contributed by atoms with Gasteiger partial charge in [-0.3, -0.25) is 5.92 Å². The Morgan fingerprint density at radius 1 is 0.124 bits per heavy atom. The molecule has 363 valence electrons. The molecule has 0 spiro atoms. The standard InChI is InChI=1S/C87H3.O.V/c1-3-5-7-9-11-13-15-17-19-21-23-25-27-29-31-33-35-37-39-41-43-45-47-49-51-53-55-57-59-61-63-65-67-69-71-73-75-77-79-81-83-85-87-86-84-82-80-78-76-74-72-70-68-66-64-62-60-58-56-54-52-50-48-46-44-42-40-38-36-34-32-30-28-26-24-22-20-18-16-14-12-10-8-6-4-2;;/h1H3;;/q-1;;. The molecule has 2 heteroatoms. The molecule has 0 aromatic heterocycles. The molecule has 0 saturated carbocycles. The van der Waals surface area contributed by atoms with E-state index < -0.39 is 0 Å². The second kappa shape index (κ2) is 73.7. The fraction of sp³-hybridized carbons (Fsp3) is 0.0115. The van der Waals surface area contributed by atoms with E-state index in [2.05, 4.69) is 497 Å². The van der Waals surface area contributed by atoms with Gasteiger partial charge >= 0.3 is 21.0 Å². The van der Waals surface area contributed by atoms with Crippen LogP contribution in [0.5, 0.6) is 0 Å². The summed E-state index contributed by atoms with van der Waals surface area (Å²) in [5, 5.41) is 0. The molecule has 0 unspecified atom stereocenters. The molecule has 0 saturated heterocycles. The van der Waals surface area contributed by atoms with Crippen LogP contribution in [0.15, 0.2) is 0 Å². The van der Waals surface area contributed by atoms with Gasteiger partial charge < -0.3 is 6.42 Å². The minimum atomic E-state index is 1.06. The molecular weight excluding hydrogens is 1110 g/mol. The van der Waals surface area contributed by atoms with Crippen molar-refractivity contribution in [3.8, 4) is 503 Å². The molecule has 0 aromatic rings. The van der Waals surface area contributed by atoms with Crippen molar-refractivity contribution in [2.75, 3.05) is 0 Å². The first-order valence-corrected chi connectivity index (χ1v) is 22.5. The van der Waals surface area contributed by atoms with Crippen LogP contribution in [0.4, 0.5) is 0 Å². The minimum absolute atomic E-state index is 1.06. The Kier molecular flexibility index (Phi) is 60.1. The van der Waals surface area contributed by atoms with Crippen molar-refractivity contribution in [2.24, 2.45) is 0 Å². The summed E-state index contributed by atoms with van der Waals surface area (Å²) in [6.45, 7) is 1.68. The van der Waals surface area contributed by atoms with Crippen molar-refractivity contribution >= 4 is 0 Å². The molecule has 0 heterocycles. The summed E-state index contributed by atoms with van der Waals surface area (Å²) in [6.07, 6.45) is 6.58. The predicted molar refractivity (Wildman–Crippen MR) is 340 cm³/mol. The second-order valence-electron chi connectivity index (χ2n) is 10.8. The van der Waals surface area contributed by atoms with Crippen molar-refractivity contribution in [3.63, 3.8) is 0 Å². The van der Waals surface area contributed by atoms with Gasteiger partial charge in [0.15, 0.2) is 0 Å². The molecular formula is C87H3OV-. The topological polar surface area (TPSA) is 17.1 Å². The maximum absolute atomic E-state index is 8.19. The average molecular weight is 1110 g/mol. The van der Waals surface area contributed by atoms with E-state index in [0.717, 1.165) is 17.4 Å². The van der Waals surface area contributed by atoms with Gasteiger partial charge in [-0.2, -0.15) is 0 Å². The number of hydrogen-bond donors (Lipinski definition) is 0. The third-order valence-electron chi connectivity index (χ3n) is 5.31. The zero-order valence-corrected chi connectivity index (χ0v) is 46.3. The summed E-state index contributed by atoms with van der Waals surface area (Å²) in [5.41, 5.74) is 0. The number of rotatable bonds is 0. The Labute approximate surface area is 534 Å². The van der Waals surface area contributed by atoms with Gasteiger partial charge in [-0.1, -0.05) is 5.92 Å². The zero-order valence-electron chi connectivity index (χ0n) is 44.9. The van der Waals surface area contributed by atoms with Gasteiger partial charge in [0.25, 0.3) is 0 Å². The van der Waals surface area contributed by atoms with E-state index in [1.54, 1.807) is 6.92 Å². The van der Waals surface area contributed by atoms with E-state index >= 15 is 0 Å². The van der Waals surface area contributed by atoms with Gasteiger partial charge in [0.05, 0.1) is 0 Å². The Bertz CT molecular complexity index is 6020. The first-order valence-electron chi connectivity index (χ1n) is 21.9. The predicted octanol–water partition coefficient (Wildman–Crippen LogP) is 0.618. The van der Waals surface area contributed by atoms with Gasteiger partial charge in [-0.15, -0.1) is 5.92 Å². The zero-order chi connectivity index (χ0) is 64.1. The fourth-order valence-electron chi connectivity index (χ4n) is 2.62. The molecule has 0 aliphatic heterocycles. The van der Waals surface area contributed by atoms with E-state index in [0.29, 0.717) is 0 Å². The summed E-state index contributed by atoms with van der Waals surface area (Å²) in [7, 11) is 0. The quantitative estimate of drug-likeness (QED) is 0.258. The molecule has 0 radical (unpaired) electrons. The van der Waals surface area contributed by atoms with Crippen LogP contribution in [0.25, 0.3) is 0 Å². The van der Waals surface area contributed by atoms with E-state index in [1.807, 2.05) is 5.92 Å². The first-order chi connectivity index (χ1) is 44.4. The van der Waals surface area contributed by atoms with Crippen molar-refractivity contribution in [1.29, 1.82) is 0 Å². The number of hydrogen-bond acceptors (Lipinski definition) is 1. The molecule has 0 amide bonds. The monoisotopic (exact) mass is 1110 g/mol. The molecule has 0 aliphatic rings. The van der Waals surface area contributed by atoms with Gasteiger partial charge in [0.1, 0.15) is 0 Å². The average Bonchev–Trinajstić information content (AvgIpc) is 3.55. The maximum atomic E-state index is 8.19. The third kappa shape index (κ3) is 73.8. The first kappa shape index (κ1) is 72.5. The van der Waals surface area contributed by atoms with Crippen LogP contribution < -0.4 is 0 Å². The van der Waals surface area contributed by atoms with Crippen molar-refractivity contribution in [2.45, 2.75) is 6.92 Å². The summed E-state index contributed by atoms with van der Waals surface area (Å²) < 4.78 is 8.19. The van der Waals surface area contributed by atoms with Crippen molar-refractivity contribution in [1.82, 2.24) is 0 Å². The van der Waals surface area contributed by atoms with Crippen LogP contribution in [0.1, 0.15) is 6.92 Å². The second-order valence-corrected chi connectivity index (χ2v) is 10.8. The molecule has 0 aromatic carbocycles. The normalized spacial score (nSPS) is 3.90. The van der Waals surface area contributed by atoms with Crippen LogP contribution in [-0.4, -0.2) is 0 Å². The van der Waals surface area contributed by atoms with Crippen molar-refractivity contribution < 1.29 is 21.0 Å². The SMILES string of the molecule is [C-]#CC#CC#CC#CC#CC#CC#CC#CC#CC#CC#CC#CC#CC#CC#CC#CC#CC#CC#CC#CC#CC#CC#CC#CC#CC#CC#CC#CC#CC#CC#CC#CC#CC#CC#CC#CC#CC#CC#CC#CC#CC#CC#CC.[O]=[V]. The van der Waals surface area contributed by atoms with Crippen LogP contribution in [0.2, 0.25) is 0 Å². The van der Waals surface area contributed by atoms with Crippen molar-refractivity contribution in [3.05, 3.63) is 6.42 Å². The van der Waals surface area contributed by atoms with E-state index in [9.17, 15) is 0 Å². The molecule has 0 rings (SSSR count). The molecule has 0 aliphatic carbocycles. The molecule has 0 fully saturated rings. The van der Waals surface area contributed by atoms with Gasteiger partial charge in [0, 0.05) is 385 Å². The van der Waals surface area contributed by atoms with Crippen LogP contribution >= 0.6 is 0 Å². The van der Waals surface area contributed by atoms with Gasteiger partial charge in [-0.25, -0.2) is 5.92 Å². The Morgan fingerprint density at radius 3 is 0.236 bits per heavy atom. The third-order valence-corrected chi connectivity index (χ3v) is 5.31. The molecule has 1 nitrogen and oxygen atoms in total. The Morgan fingerprint density at radius 2 is 0.180 bits per heavy atom. The van der Waals surface area contributed by atoms with Crippen LogP contribution in [0, 0.1) is 510 Å². The molecule has 89 heavy (non-hydrogen) atoms. The molecule has 0 atom stereocenters. The van der Waals surface area contributed by atoms with Crippen LogP contribution in [-0.2, 0) is 21.0 Å². The molecule has 0 bridgehead atoms. The Balaban J connectivity index is 0.